The van der Waals surface area contributed by atoms with E-state index in [1.165, 1.54) is 0 Å². The van der Waals surface area contributed by atoms with E-state index in [1.807, 2.05) is 19.1 Å². The van der Waals surface area contributed by atoms with Crippen LogP contribution in [0.2, 0.25) is 0 Å². The summed E-state index contributed by atoms with van der Waals surface area (Å²) in [4.78, 5) is 22.9. The van der Waals surface area contributed by atoms with Crippen LogP contribution in [0, 0.1) is 6.92 Å². The number of carbonyl (C=O) groups excluding carboxylic acids is 1. The third-order valence-corrected chi connectivity index (χ3v) is 2.47. The predicted molar refractivity (Wildman–Crippen MR) is 64.7 cm³/mol. The van der Waals surface area contributed by atoms with Crippen molar-refractivity contribution in [2.75, 3.05) is 0 Å². The van der Waals surface area contributed by atoms with E-state index in [1.54, 1.807) is 12.4 Å². The molecule has 2 heterocycles. The van der Waals surface area contributed by atoms with Crippen molar-refractivity contribution in [3.05, 3.63) is 35.9 Å². The van der Waals surface area contributed by atoms with Crippen molar-refractivity contribution in [2.45, 2.75) is 6.92 Å². The monoisotopic (exact) mass is 231 g/mol. The van der Waals surface area contributed by atoms with Gasteiger partial charge in [-0.05, 0) is 23.9 Å². The fraction of sp³-hybridized carbons (Fsp3) is 0.0909. The number of rotatable bonds is 2. The Hall–Kier alpha value is -1.67. The molecule has 0 saturated carbocycles. The van der Waals surface area contributed by atoms with Crippen LogP contribution in [0.25, 0.3) is 11.4 Å². The lowest BCUT2D eigenvalue weighted by Gasteiger charge is -2.04. The molecule has 0 spiro atoms. The largest absolute Gasteiger partial charge is 0.294 e. The minimum absolute atomic E-state index is 0.178. The number of carbonyl (C=O) groups is 1. The van der Waals surface area contributed by atoms with E-state index in [9.17, 15) is 4.79 Å². The van der Waals surface area contributed by atoms with Crippen molar-refractivity contribution in [3.8, 4) is 11.4 Å². The highest BCUT2D eigenvalue weighted by Crippen LogP contribution is 2.17. The summed E-state index contributed by atoms with van der Waals surface area (Å²) >= 11 is 0. The fourth-order valence-corrected chi connectivity index (χ4v) is 1.49. The molecule has 0 amide bonds. The molecule has 1 unspecified atom stereocenters. The highest BCUT2D eigenvalue weighted by atomic mass is 31.0. The molecule has 0 bridgehead atoms. The molecule has 80 valence electrons. The maximum absolute atomic E-state index is 10.6. The number of hydrogen-bond donors (Lipinski definition) is 0. The zero-order valence-electron chi connectivity index (χ0n) is 8.71. The smallest absolute Gasteiger partial charge is 0.193 e. The van der Waals surface area contributed by atoms with E-state index in [4.69, 9.17) is 0 Å². The molecule has 16 heavy (non-hydrogen) atoms. The van der Waals surface area contributed by atoms with Crippen molar-refractivity contribution in [2.24, 2.45) is 0 Å². The van der Waals surface area contributed by atoms with Crippen molar-refractivity contribution in [1.82, 2.24) is 15.0 Å². The summed E-state index contributed by atoms with van der Waals surface area (Å²) < 4.78 is 0. The second kappa shape index (κ2) is 4.45. The van der Waals surface area contributed by atoms with Gasteiger partial charge in [-0.2, -0.15) is 0 Å². The van der Waals surface area contributed by atoms with Crippen LogP contribution < -0.4 is 5.30 Å². The third-order valence-electron chi connectivity index (χ3n) is 2.12. The van der Waals surface area contributed by atoms with Crippen LogP contribution in [0.15, 0.2) is 24.5 Å². The van der Waals surface area contributed by atoms with Gasteiger partial charge in [-0.3, -0.25) is 9.78 Å². The number of nitrogens with zero attached hydrogens (tertiary/aromatic N) is 3. The van der Waals surface area contributed by atoms with Gasteiger partial charge in [0.25, 0.3) is 0 Å². The Bertz CT molecular complexity index is 525. The molecule has 4 nitrogen and oxygen atoms in total. The van der Waals surface area contributed by atoms with Gasteiger partial charge in [0.2, 0.25) is 0 Å². The second-order valence-electron chi connectivity index (χ2n) is 3.35. The first-order valence-corrected chi connectivity index (χ1v) is 5.29. The van der Waals surface area contributed by atoms with Gasteiger partial charge in [0.15, 0.2) is 12.1 Å². The zero-order chi connectivity index (χ0) is 11.5. The third kappa shape index (κ3) is 2.12. The average Bonchev–Trinajstić information content (AvgIpc) is 2.31. The van der Waals surface area contributed by atoms with Crippen LogP contribution in [0.3, 0.4) is 0 Å². The van der Waals surface area contributed by atoms with Gasteiger partial charge in [0.1, 0.15) is 0 Å². The Kier molecular flexibility index (Phi) is 3.02. The van der Waals surface area contributed by atoms with Gasteiger partial charge in [-0.25, -0.2) is 9.97 Å². The van der Waals surface area contributed by atoms with Crippen LogP contribution in [0.4, 0.5) is 0 Å². The summed E-state index contributed by atoms with van der Waals surface area (Å²) in [5, 5.41) is 1.01. The van der Waals surface area contributed by atoms with E-state index in [0.717, 1.165) is 16.6 Å². The number of aryl methyl sites for hydroxylation is 1. The number of pyridine rings is 1. The number of hydrogen-bond acceptors (Lipinski definition) is 4. The van der Waals surface area contributed by atoms with Gasteiger partial charge in [0, 0.05) is 12.4 Å². The Labute approximate surface area is 95.4 Å². The maximum atomic E-state index is 10.6. The first-order chi connectivity index (χ1) is 7.70. The van der Waals surface area contributed by atoms with E-state index in [2.05, 4.69) is 24.2 Å². The number of aromatic nitrogens is 3. The Balaban J connectivity index is 2.54. The first-order valence-electron chi connectivity index (χ1n) is 4.71. The second-order valence-corrected chi connectivity index (χ2v) is 4.02. The van der Waals surface area contributed by atoms with Crippen LogP contribution in [0.1, 0.15) is 16.2 Å². The summed E-state index contributed by atoms with van der Waals surface area (Å²) in [5.41, 5.74) is 2.34. The fourth-order valence-electron chi connectivity index (χ4n) is 1.32. The summed E-state index contributed by atoms with van der Waals surface area (Å²) in [6.45, 7) is 1.89. The molecule has 0 aliphatic rings. The van der Waals surface area contributed by atoms with E-state index >= 15 is 0 Å². The number of aldehydes is 1. The van der Waals surface area contributed by atoms with E-state index < -0.39 is 0 Å². The van der Waals surface area contributed by atoms with Crippen molar-refractivity contribution in [3.63, 3.8) is 0 Å². The van der Waals surface area contributed by atoms with Gasteiger partial charge < -0.3 is 0 Å². The molecular weight excluding hydrogens is 221 g/mol. The van der Waals surface area contributed by atoms with Crippen molar-refractivity contribution >= 4 is 20.8 Å². The molecule has 0 aliphatic heterocycles. The summed E-state index contributed by atoms with van der Waals surface area (Å²) in [5.74, 6) is 0.178. The topological polar surface area (TPSA) is 55.7 Å². The lowest BCUT2D eigenvalue weighted by molar-refractivity contribution is 0.111. The van der Waals surface area contributed by atoms with Crippen molar-refractivity contribution in [1.29, 1.82) is 0 Å². The van der Waals surface area contributed by atoms with Crippen LogP contribution in [-0.4, -0.2) is 21.2 Å². The minimum Gasteiger partial charge on any atom is -0.294 e. The van der Waals surface area contributed by atoms with Gasteiger partial charge in [0.05, 0.1) is 11.4 Å². The van der Waals surface area contributed by atoms with Gasteiger partial charge >= 0.3 is 0 Å². The lowest BCUT2D eigenvalue weighted by atomic mass is 10.2. The maximum Gasteiger partial charge on any atom is 0.193 e. The van der Waals surface area contributed by atoms with Crippen LogP contribution in [-0.2, 0) is 0 Å². The Morgan fingerprint density at radius 1 is 1.25 bits per heavy atom. The van der Waals surface area contributed by atoms with Gasteiger partial charge in [-0.1, -0.05) is 6.07 Å². The average molecular weight is 231 g/mol. The molecule has 0 saturated heterocycles. The van der Waals surface area contributed by atoms with E-state index in [0.29, 0.717) is 12.0 Å². The molecular formula is C11H10N3OP. The standard InChI is InChI=1S/C11H10N3OP/c1-7-4-13-10(6-15)14-11(7)9-3-2-8(16)5-12-9/h2-6H,16H2,1H3. The van der Waals surface area contributed by atoms with Gasteiger partial charge in [-0.15, -0.1) is 9.24 Å². The molecule has 5 heteroatoms. The van der Waals surface area contributed by atoms with Crippen molar-refractivity contribution < 1.29 is 4.79 Å². The minimum atomic E-state index is 0.178. The normalized spacial score (nSPS) is 10.1. The molecule has 2 aromatic rings. The SMILES string of the molecule is Cc1cnc(C=O)nc1-c1ccc(P)cn1. The molecule has 0 aliphatic carbocycles. The van der Waals surface area contributed by atoms with E-state index in [-0.39, 0.29) is 5.82 Å². The molecule has 1 atom stereocenters. The molecule has 0 aromatic carbocycles. The highest BCUT2D eigenvalue weighted by molar-refractivity contribution is 7.27. The molecule has 2 aromatic heterocycles. The zero-order valence-corrected chi connectivity index (χ0v) is 9.87. The summed E-state index contributed by atoms with van der Waals surface area (Å²) in [6.07, 6.45) is 4.00. The molecule has 2 rings (SSSR count). The Morgan fingerprint density at radius 2 is 2.06 bits per heavy atom. The summed E-state index contributed by atoms with van der Waals surface area (Å²) in [7, 11) is 2.57. The quantitative estimate of drug-likeness (QED) is 0.575. The molecule has 0 N–H and O–H groups in total. The predicted octanol–water partition coefficient (Wildman–Crippen LogP) is 1.16. The first kappa shape index (κ1) is 10.8. The highest BCUT2D eigenvalue weighted by Gasteiger charge is 2.06. The Morgan fingerprint density at radius 3 is 2.69 bits per heavy atom. The van der Waals surface area contributed by atoms with Crippen LogP contribution in [0.5, 0.6) is 0 Å². The summed E-state index contributed by atoms with van der Waals surface area (Å²) in [6, 6.07) is 3.79. The molecule has 0 radical (unpaired) electrons. The lowest BCUT2D eigenvalue weighted by Crippen LogP contribution is -2.00. The van der Waals surface area contributed by atoms with Crippen LogP contribution >= 0.6 is 9.24 Å². The molecule has 0 fully saturated rings.